The fourth-order valence-electron chi connectivity index (χ4n) is 1.84. The summed E-state index contributed by atoms with van der Waals surface area (Å²) in [5.41, 5.74) is 1.89. The highest BCUT2D eigenvalue weighted by Gasteiger charge is 2.01. The minimum atomic E-state index is 0.274. The predicted octanol–water partition coefficient (Wildman–Crippen LogP) is 3.95. The first-order valence-electron chi connectivity index (χ1n) is 5.31. The van der Waals surface area contributed by atoms with E-state index in [2.05, 4.69) is 34.2 Å². The largest absolute Gasteiger partial charge is 0.226 e. The molecule has 0 N–H and O–H groups in total. The van der Waals surface area contributed by atoms with E-state index in [-0.39, 0.29) is 5.28 Å². The first-order chi connectivity index (χ1) is 8.33. The third kappa shape index (κ3) is 1.99. The van der Waals surface area contributed by atoms with Crippen LogP contribution < -0.4 is 0 Å². The number of halogens is 1. The summed E-state index contributed by atoms with van der Waals surface area (Å²) in [5, 5.41) is 2.69. The molecule has 0 fully saturated rings. The van der Waals surface area contributed by atoms with Gasteiger partial charge >= 0.3 is 0 Å². The molecule has 0 unspecified atom stereocenters. The van der Waals surface area contributed by atoms with Crippen molar-refractivity contribution >= 4 is 22.4 Å². The molecule has 0 amide bonds. The Balaban J connectivity index is 2.18. The van der Waals surface area contributed by atoms with E-state index in [1.54, 1.807) is 6.20 Å². The lowest BCUT2D eigenvalue weighted by atomic mass is 10.1. The van der Waals surface area contributed by atoms with Crippen LogP contribution in [0.5, 0.6) is 0 Å². The van der Waals surface area contributed by atoms with Crippen molar-refractivity contribution in [2.45, 2.75) is 0 Å². The van der Waals surface area contributed by atoms with E-state index < -0.39 is 0 Å². The molecule has 17 heavy (non-hydrogen) atoms. The zero-order chi connectivity index (χ0) is 11.7. The van der Waals surface area contributed by atoms with E-state index in [1.807, 2.05) is 24.3 Å². The molecule has 1 aromatic heterocycles. The van der Waals surface area contributed by atoms with Crippen LogP contribution in [0.4, 0.5) is 0 Å². The van der Waals surface area contributed by atoms with Gasteiger partial charge < -0.3 is 0 Å². The van der Waals surface area contributed by atoms with Gasteiger partial charge in [0.2, 0.25) is 5.28 Å². The molecule has 0 bridgehead atoms. The van der Waals surface area contributed by atoms with Crippen molar-refractivity contribution in [2.24, 2.45) is 0 Å². The molecule has 0 saturated heterocycles. The van der Waals surface area contributed by atoms with Gasteiger partial charge in [0, 0.05) is 11.8 Å². The smallest absolute Gasteiger partial charge is 0.222 e. The second kappa shape index (κ2) is 4.15. The molecule has 2 aromatic carbocycles. The van der Waals surface area contributed by atoms with E-state index in [1.165, 1.54) is 10.8 Å². The summed E-state index contributed by atoms with van der Waals surface area (Å²) in [6, 6.07) is 16.3. The van der Waals surface area contributed by atoms with Crippen molar-refractivity contribution in [1.29, 1.82) is 0 Å². The van der Waals surface area contributed by atoms with Crippen LogP contribution in [0.2, 0.25) is 5.28 Å². The van der Waals surface area contributed by atoms with Gasteiger partial charge in [-0.2, -0.15) is 0 Å². The maximum atomic E-state index is 5.79. The van der Waals surface area contributed by atoms with E-state index >= 15 is 0 Å². The van der Waals surface area contributed by atoms with E-state index in [4.69, 9.17) is 11.6 Å². The lowest BCUT2D eigenvalue weighted by Crippen LogP contribution is -1.86. The van der Waals surface area contributed by atoms with Crippen LogP contribution in [0.15, 0.2) is 54.7 Å². The Hall–Kier alpha value is -1.93. The summed E-state index contributed by atoms with van der Waals surface area (Å²) >= 11 is 5.79. The fourth-order valence-corrected chi connectivity index (χ4v) is 1.99. The first-order valence-corrected chi connectivity index (χ1v) is 5.68. The van der Waals surface area contributed by atoms with Gasteiger partial charge in [-0.25, -0.2) is 9.97 Å². The normalized spacial score (nSPS) is 10.6. The third-order valence-corrected chi connectivity index (χ3v) is 2.85. The zero-order valence-electron chi connectivity index (χ0n) is 8.97. The summed E-state index contributed by atoms with van der Waals surface area (Å²) in [5.74, 6) is 0. The SMILES string of the molecule is Clc1nccc(-c2ccc3ccccc3c2)n1. The van der Waals surface area contributed by atoms with E-state index in [0.717, 1.165) is 11.3 Å². The molecule has 0 aliphatic heterocycles. The van der Waals surface area contributed by atoms with Crippen LogP contribution >= 0.6 is 11.6 Å². The van der Waals surface area contributed by atoms with Gasteiger partial charge in [-0.15, -0.1) is 0 Å². The summed E-state index contributed by atoms with van der Waals surface area (Å²) in [6.07, 6.45) is 1.67. The second-order valence-corrected chi connectivity index (χ2v) is 4.11. The van der Waals surface area contributed by atoms with Gasteiger partial charge in [0.25, 0.3) is 0 Å². The molecule has 0 spiro atoms. The number of benzene rings is 2. The summed E-state index contributed by atoms with van der Waals surface area (Å²) in [6.45, 7) is 0. The van der Waals surface area contributed by atoms with Crippen LogP contribution in [0.1, 0.15) is 0 Å². The third-order valence-electron chi connectivity index (χ3n) is 2.67. The quantitative estimate of drug-likeness (QED) is 0.602. The number of aromatic nitrogens is 2. The molecular formula is C14H9ClN2. The van der Waals surface area contributed by atoms with Crippen LogP contribution in [-0.4, -0.2) is 9.97 Å². The maximum Gasteiger partial charge on any atom is 0.222 e. The second-order valence-electron chi connectivity index (χ2n) is 3.77. The highest BCUT2D eigenvalue weighted by Crippen LogP contribution is 2.23. The Kier molecular flexibility index (Phi) is 2.50. The van der Waals surface area contributed by atoms with Gasteiger partial charge in [-0.1, -0.05) is 36.4 Å². The molecule has 0 saturated carbocycles. The summed E-state index contributed by atoms with van der Waals surface area (Å²) < 4.78 is 0. The molecule has 3 rings (SSSR count). The van der Waals surface area contributed by atoms with Crippen molar-refractivity contribution in [3.8, 4) is 11.3 Å². The Morgan fingerprint density at radius 1 is 0.882 bits per heavy atom. The monoisotopic (exact) mass is 240 g/mol. The topological polar surface area (TPSA) is 25.8 Å². The molecule has 2 nitrogen and oxygen atoms in total. The number of fused-ring (bicyclic) bond motifs is 1. The van der Waals surface area contributed by atoms with Crippen LogP contribution in [0, 0.1) is 0 Å². The van der Waals surface area contributed by atoms with Gasteiger partial charge in [0.15, 0.2) is 0 Å². The molecular weight excluding hydrogens is 232 g/mol. The minimum absolute atomic E-state index is 0.274. The van der Waals surface area contributed by atoms with Crippen molar-refractivity contribution in [3.63, 3.8) is 0 Å². The predicted molar refractivity (Wildman–Crippen MR) is 70.0 cm³/mol. The van der Waals surface area contributed by atoms with Crippen molar-refractivity contribution in [3.05, 3.63) is 60.0 Å². The number of hydrogen-bond donors (Lipinski definition) is 0. The Morgan fingerprint density at radius 3 is 2.53 bits per heavy atom. The van der Waals surface area contributed by atoms with Crippen molar-refractivity contribution < 1.29 is 0 Å². The van der Waals surface area contributed by atoms with Gasteiger partial charge in [-0.3, -0.25) is 0 Å². The van der Waals surface area contributed by atoms with E-state index in [0.29, 0.717) is 0 Å². The lowest BCUT2D eigenvalue weighted by Gasteiger charge is -2.03. The Labute approximate surface area is 104 Å². The molecule has 0 radical (unpaired) electrons. The average molecular weight is 241 g/mol. The summed E-state index contributed by atoms with van der Waals surface area (Å²) in [7, 11) is 0. The van der Waals surface area contributed by atoms with Crippen LogP contribution in [-0.2, 0) is 0 Å². The molecule has 0 aliphatic rings. The van der Waals surface area contributed by atoms with Crippen LogP contribution in [0.25, 0.3) is 22.0 Å². The highest BCUT2D eigenvalue weighted by molar-refractivity contribution is 6.28. The molecule has 3 heteroatoms. The van der Waals surface area contributed by atoms with Gasteiger partial charge in [-0.05, 0) is 34.5 Å². The summed E-state index contributed by atoms with van der Waals surface area (Å²) in [4.78, 5) is 8.09. The number of hydrogen-bond acceptors (Lipinski definition) is 2. The fraction of sp³-hybridized carbons (Fsp3) is 0. The first kappa shape index (κ1) is 10.2. The van der Waals surface area contributed by atoms with Crippen molar-refractivity contribution in [2.75, 3.05) is 0 Å². The van der Waals surface area contributed by atoms with Gasteiger partial charge in [0.05, 0.1) is 5.69 Å². The highest BCUT2D eigenvalue weighted by atomic mass is 35.5. The zero-order valence-corrected chi connectivity index (χ0v) is 9.72. The Morgan fingerprint density at radius 2 is 1.71 bits per heavy atom. The Bertz CT molecular complexity index is 680. The van der Waals surface area contributed by atoms with Crippen molar-refractivity contribution in [1.82, 2.24) is 9.97 Å². The molecule has 1 heterocycles. The minimum Gasteiger partial charge on any atom is -0.226 e. The molecule has 3 aromatic rings. The maximum absolute atomic E-state index is 5.79. The molecule has 0 atom stereocenters. The number of nitrogens with zero attached hydrogens (tertiary/aromatic N) is 2. The van der Waals surface area contributed by atoms with Crippen LogP contribution in [0.3, 0.4) is 0 Å². The van der Waals surface area contributed by atoms with Gasteiger partial charge in [0.1, 0.15) is 0 Å². The molecule has 0 aliphatic carbocycles. The average Bonchev–Trinajstić information content (AvgIpc) is 2.38. The molecule has 82 valence electrons. The van der Waals surface area contributed by atoms with E-state index in [9.17, 15) is 0 Å². The lowest BCUT2D eigenvalue weighted by molar-refractivity contribution is 1.17. The standard InChI is InChI=1S/C14H9ClN2/c15-14-16-8-7-13(17-14)12-6-5-10-3-1-2-4-11(10)9-12/h1-9H. The number of rotatable bonds is 1.